The number of benzene rings is 1. The third kappa shape index (κ3) is 4.73. The first-order valence-corrected chi connectivity index (χ1v) is 6.00. The van der Waals surface area contributed by atoms with Gasteiger partial charge in [-0.25, -0.2) is 0 Å². The molecule has 0 aliphatic carbocycles. The Balaban J connectivity index is 2.30. The summed E-state index contributed by atoms with van der Waals surface area (Å²) in [6, 6.07) is 4.78. The number of aryl methyl sites for hydroxylation is 1. The monoisotopic (exact) mass is 252 g/mol. The van der Waals surface area contributed by atoms with E-state index in [-0.39, 0.29) is 11.7 Å². The van der Waals surface area contributed by atoms with Crippen LogP contribution in [0.25, 0.3) is 0 Å². The summed E-state index contributed by atoms with van der Waals surface area (Å²) in [6.45, 7) is 3.96. The number of ether oxygens (including phenoxy) is 1. The van der Waals surface area contributed by atoms with Gasteiger partial charge in [0.25, 0.3) is 5.91 Å². The Morgan fingerprint density at radius 3 is 2.89 bits per heavy atom. The van der Waals surface area contributed by atoms with Crippen molar-refractivity contribution in [1.29, 1.82) is 0 Å². The number of carbonyl (C=O) groups is 1. The fourth-order valence-electron chi connectivity index (χ4n) is 1.46. The summed E-state index contributed by atoms with van der Waals surface area (Å²) in [4.78, 5) is 11.7. The molecule has 5 heteroatoms. The third-order valence-corrected chi connectivity index (χ3v) is 2.47. The SMILES string of the molecule is Cc1cc(C(=O)NCCCOCCN)ccc1O. The molecule has 1 amide bonds. The number of carbonyl (C=O) groups excluding carboxylic acids is 1. The first-order valence-electron chi connectivity index (χ1n) is 6.00. The molecule has 4 N–H and O–H groups in total. The Labute approximate surface area is 107 Å². The Hall–Kier alpha value is -1.59. The summed E-state index contributed by atoms with van der Waals surface area (Å²) in [7, 11) is 0. The number of nitrogens with one attached hydrogen (secondary N) is 1. The van der Waals surface area contributed by atoms with Crippen LogP contribution in [-0.4, -0.2) is 37.3 Å². The second-order valence-corrected chi connectivity index (χ2v) is 4.01. The molecule has 0 aromatic heterocycles. The van der Waals surface area contributed by atoms with Crippen LogP contribution in [0.3, 0.4) is 0 Å². The van der Waals surface area contributed by atoms with E-state index in [0.29, 0.717) is 37.4 Å². The molecule has 0 fully saturated rings. The molecule has 0 bridgehead atoms. The van der Waals surface area contributed by atoms with E-state index in [1.807, 2.05) is 0 Å². The molecule has 0 heterocycles. The molecule has 1 rings (SSSR count). The van der Waals surface area contributed by atoms with E-state index >= 15 is 0 Å². The number of phenolic OH excluding ortho intramolecular Hbond substituents is 1. The van der Waals surface area contributed by atoms with Crippen LogP contribution in [0.4, 0.5) is 0 Å². The van der Waals surface area contributed by atoms with Gasteiger partial charge in [0.2, 0.25) is 0 Å². The maximum Gasteiger partial charge on any atom is 0.251 e. The van der Waals surface area contributed by atoms with Gasteiger partial charge in [0.05, 0.1) is 6.61 Å². The molecule has 100 valence electrons. The number of hydrogen-bond acceptors (Lipinski definition) is 4. The Bertz CT molecular complexity index is 394. The van der Waals surface area contributed by atoms with Crippen LogP contribution in [0.5, 0.6) is 5.75 Å². The van der Waals surface area contributed by atoms with Crippen LogP contribution in [-0.2, 0) is 4.74 Å². The van der Waals surface area contributed by atoms with E-state index < -0.39 is 0 Å². The van der Waals surface area contributed by atoms with Crippen LogP contribution in [0.1, 0.15) is 22.3 Å². The zero-order chi connectivity index (χ0) is 13.4. The van der Waals surface area contributed by atoms with Gasteiger partial charge in [-0.05, 0) is 37.1 Å². The summed E-state index contributed by atoms with van der Waals surface area (Å²) in [5, 5.41) is 12.2. The van der Waals surface area contributed by atoms with Crippen molar-refractivity contribution in [2.75, 3.05) is 26.3 Å². The maximum atomic E-state index is 11.7. The minimum absolute atomic E-state index is 0.142. The number of amides is 1. The van der Waals surface area contributed by atoms with Crippen LogP contribution in [0.2, 0.25) is 0 Å². The molecular formula is C13H20N2O3. The van der Waals surface area contributed by atoms with Gasteiger partial charge in [-0.2, -0.15) is 0 Å². The average molecular weight is 252 g/mol. The standard InChI is InChI=1S/C13H20N2O3/c1-10-9-11(3-4-12(10)16)13(17)15-6-2-7-18-8-5-14/h3-4,9,16H,2,5-8,14H2,1H3,(H,15,17). The van der Waals surface area contributed by atoms with Crippen LogP contribution >= 0.6 is 0 Å². The van der Waals surface area contributed by atoms with Crippen molar-refractivity contribution in [3.63, 3.8) is 0 Å². The fraction of sp³-hybridized carbons (Fsp3) is 0.462. The first-order chi connectivity index (χ1) is 8.65. The van der Waals surface area contributed by atoms with Gasteiger partial charge in [0.15, 0.2) is 0 Å². The lowest BCUT2D eigenvalue weighted by atomic mass is 10.1. The summed E-state index contributed by atoms with van der Waals surface area (Å²) >= 11 is 0. The fourth-order valence-corrected chi connectivity index (χ4v) is 1.46. The van der Waals surface area contributed by atoms with Gasteiger partial charge in [0, 0.05) is 25.3 Å². The highest BCUT2D eigenvalue weighted by atomic mass is 16.5. The molecule has 5 nitrogen and oxygen atoms in total. The topological polar surface area (TPSA) is 84.6 Å². The number of rotatable bonds is 7. The zero-order valence-electron chi connectivity index (χ0n) is 10.6. The maximum absolute atomic E-state index is 11.7. The van der Waals surface area contributed by atoms with Gasteiger partial charge >= 0.3 is 0 Å². The third-order valence-electron chi connectivity index (χ3n) is 2.47. The molecular weight excluding hydrogens is 232 g/mol. The lowest BCUT2D eigenvalue weighted by Gasteiger charge is -2.07. The Morgan fingerprint density at radius 2 is 2.22 bits per heavy atom. The highest BCUT2D eigenvalue weighted by Gasteiger charge is 2.06. The van der Waals surface area contributed by atoms with Gasteiger partial charge in [-0.15, -0.1) is 0 Å². The summed E-state index contributed by atoms with van der Waals surface area (Å²) < 4.78 is 5.20. The van der Waals surface area contributed by atoms with Crippen molar-refractivity contribution >= 4 is 5.91 Å². The van der Waals surface area contributed by atoms with Crippen molar-refractivity contribution in [1.82, 2.24) is 5.32 Å². The number of nitrogens with two attached hydrogens (primary N) is 1. The Kier molecular flexibility index (Phi) is 6.18. The number of aromatic hydroxyl groups is 1. The minimum atomic E-state index is -0.142. The van der Waals surface area contributed by atoms with E-state index in [1.165, 1.54) is 6.07 Å². The summed E-state index contributed by atoms with van der Waals surface area (Å²) in [5.41, 5.74) is 6.52. The lowest BCUT2D eigenvalue weighted by molar-refractivity contribution is 0.0943. The van der Waals surface area contributed by atoms with Crippen molar-refractivity contribution in [3.8, 4) is 5.75 Å². The molecule has 0 aliphatic heterocycles. The highest BCUT2D eigenvalue weighted by Crippen LogP contribution is 2.16. The molecule has 1 aromatic rings. The zero-order valence-corrected chi connectivity index (χ0v) is 10.6. The van der Waals surface area contributed by atoms with E-state index in [0.717, 1.165) is 6.42 Å². The molecule has 0 radical (unpaired) electrons. The molecule has 18 heavy (non-hydrogen) atoms. The molecule has 0 atom stereocenters. The van der Waals surface area contributed by atoms with Crippen molar-refractivity contribution in [2.45, 2.75) is 13.3 Å². The average Bonchev–Trinajstić information content (AvgIpc) is 2.36. The molecule has 0 aliphatic rings. The molecule has 0 unspecified atom stereocenters. The molecule has 1 aromatic carbocycles. The molecule has 0 saturated carbocycles. The molecule has 0 saturated heterocycles. The van der Waals surface area contributed by atoms with Crippen LogP contribution in [0.15, 0.2) is 18.2 Å². The normalized spacial score (nSPS) is 10.3. The van der Waals surface area contributed by atoms with E-state index in [2.05, 4.69) is 5.32 Å². The summed E-state index contributed by atoms with van der Waals surface area (Å²) in [5.74, 6) is 0.0543. The van der Waals surface area contributed by atoms with Crippen molar-refractivity contribution < 1.29 is 14.6 Å². The predicted octanol–water partition coefficient (Wildman–Crippen LogP) is 0.796. The highest BCUT2D eigenvalue weighted by molar-refractivity contribution is 5.94. The van der Waals surface area contributed by atoms with E-state index in [1.54, 1.807) is 19.1 Å². The second-order valence-electron chi connectivity index (χ2n) is 4.01. The van der Waals surface area contributed by atoms with Crippen molar-refractivity contribution in [3.05, 3.63) is 29.3 Å². The number of hydrogen-bond donors (Lipinski definition) is 3. The Morgan fingerprint density at radius 1 is 1.44 bits per heavy atom. The van der Waals surface area contributed by atoms with Gasteiger partial charge in [0.1, 0.15) is 5.75 Å². The smallest absolute Gasteiger partial charge is 0.251 e. The van der Waals surface area contributed by atoms with Crippen LogP contribution in [0, 0.1) is 6.92 Å². The van der Waals surface area contributed by atoms with E-state index in [9.17, 15) is 9.90 Å². The molecule has 0 spiro atoms. The number of phenols is 1. The van der Waals surface area contributed by atoms with Gasteiger partial charge < -0.3 is 20.9 Å². The summed E-state index contributed by atoms with van der Waals surface area (Å²) in [6.07, 6.45) is 0.753. The predicted molar refractivity (Wildman–Crippen MR) is 69.7 cm³/mol. The second kappa shape index (κ2) is 7.68. The van der Waals surface area contributed by atoms with Gasteiger partial charge in [-0.3, -0.25) is 4.79 Å². The lowest BCUT2D eigenvalue weighted by Crippen LogP contribution is -2.25. The first kappa shape index (κ1) is 14.5. The minimum Gasteiger partial charge on any atom is -0.508 e. The van der Waals surface area contributed by atoms with Gasteiger partial charge in [-0.1, -0.05) is 0 Å². The largest absolute Gasteiger partial charge is 0.508 e. The van der Waals surface area contributed by atoms with Crippen molar-refractivity contribution in [2.24, 2.45) is 5.73 Å². The van der Waals surface area contributed by atoms with E-state index in [4.69, 9.17) is 10.5 Å². The quantitative estimate of drug-likeness (QED) is 0.627. The van der Waals surface area contributed by atoms with Crippen LogP contribution < -0.4 is 11.1 Å².